The molecule has 1 aromatic rings. The summed E-state index contributed by atoms with van der Waals surface area (Å²) in [6.45, 7) is 0. The van der Waals surface area contributed by atoms with Gasteiger partial charge in [-0.05, 0) is 24.1 Å². The lowest BCUT2D eigenvalue weighted by Gasteiger charge is -2.34. The van der Waals surface area contributed by atoms with E-state index in [0.29, 0.717) is 0 Å². The predicted octanol–water partition coefficient (Wildman–Crippen LogP) is 3.31. The highest BCUT2D eigenvalue weighted by atomic mass is 35.5. The Morgan fingerprint density at radius 2 is 2.07 bits per heavy atom. The summed E-state index contributed by atoms with van der Waals surface area (Å²) in [6.07, 6.45) is -4.24. The van der Waals surface area contributed by atoms with Gasteiger partial charge in [0.25, 0.3) is 0 Å². The Bertz CT molecular complexity index is 914. The number of oxime groups is 1. The molecule has 2 atom stereocenters. The van der Waals surface area contributed by atoms with E-state index in [1.807, 2.05) is 0 Å². The molecule has 2 heterocycles. The lowest BCUT2D eigenvalue weighted by atomic mass is 9.84. The van der Waals surface area contributed by atoms with Gasteiger partial charge in [0.05, 0.1) is 21.8 Å². The SMILES string of the molecule is NC1(Cc2ccccc2C(F)(F)F)C=C(C2CC(Cl)=NO2)NC(C(=O)O)=C1Cl. The van der Waals surface area contributed by atoms with Crippen LogP contribution < -0.4 is 11.1 Å². The van der Waals surface area contributed by atoms with Crippen molar-refractivity contribution >= 4 is 34.3 Å². The fourth-order valence-corrected chi connectivity index (χ4v) is 3.47. The number of alkyl halides is 3. The highest BCUT2D eigenvalue weighted by Crippen LogP contribution is 2.38. The summed E-state index contributed by atoms with van der Waals surface area (Å²) in [6, 6.07) is 4.88. The molecule has 2 aliphatic heterocycles. The lowest BCUT2D eigenvalue weighted by molar-refractivity contribution is -0.138. The van der Waals surface area contributed by atoms with Crippen molar-refractivity contribution in [2.24, 2.45) is 10.9 Å². The van der Waals surface area contributed by atoms with Crippen molar-refractivity contribution in [2.75, 3.05) is 0 Å². The molecule has 28 heavy (non-hydrogen) atoms. The Morgan fingerprint density at radius 1 is 1.39 bits per heavy atom. The van der Waals surface area contributed by atoms with Crippen molar-refractivity contribution in [3.8, 4) is 0 Å². The van der Waals surface area contributed by atoms with Gasteiger partial charge < -0.3 is 21.0 Å². The molecule has 0 saturated heterocycles. The molecule has 0 fully saturated rings. The summed E-state index contributed by atoms with van der Waals surface area (Å²) in [5.74, 6) is -1.42. The maximum Gasteiger partial charge on any atom is 0.416 e. The fourth-order valence-electron chi connectivity index (χ4n) is 3.04. The number of carboxylic acid groups (broad SMARTS) is 1. The van der Waals surface area contributed by atoms with Gasteiger partial charge in [0, 0.05) is 6.42 Å². The number of carbonyl (C=O) groups is 1. The number of nitrogens with one attached hydrogen (secondary N) is 1. The Hall–Kier alpha value is -2.23. The number of dihydropyridines is 1. The van der Waals surface area contributed by atoms with E-state index in [0.717, 1.165) is 6.07 Å². The van der Waals surface area contributed by atoms with Crippen LogP contribution in [0.3, 0.4) is 0 Å². The molecule has 150 valence electrons. The Balaban J connectivity index is 2.04. The summed E-state index contributed by atoms with van der Waals surface area (Å²) < 4.78 is 40.0. The number of nitrogens with two attached hydrogens (primary N) is 1. The third-order valence-corrected chi connectivity index (χ3v) is 5.07. The van der Waals surface area contributed by atoms with Gasteiger partial charge in [-0.15, -0.1) is 0 Å². The molecule has 1 aromatic carbocycles. The van der Waals surface area contributed by atoms with Crippen LogP contribution in [-0.4, -0.2) is 27.9 Å². The van der Waals surface area contributed by atoms with Crippen LogP contribution in [-0.2, 0) is 22.2 Å². The van der Waals surface area contributed by atoms with Gasteiger partial charge in [-0.25, -0.2) is 4.79 Å². The van der Waals surface area contributed by atoms with E-state index >= 15 is 0 Å². The number of hydrogen-bond acceptors (Lipinski definition) is 5. The first kappa shape index (κ1) is 20.5. The van der Waals surface area contributed by atoms with Crippen molar-refractivity contribution in [1.82, 2.24) is 5.32 Å². The van der Waals surface area contributed by atoms with E-state index in [-0.39, 0.29) is 34.3 Å². The van der Waals surface area contributed by atoms with Gasteiger partial charge in [0.2, 0.25) is 0 Å². The molecular weight excluding hydrogens is 422 g/mol. The normalized spacial score (nSPS) is 25.0. The lowest BCUT2D eigenvalue weighted by Crippen LogP contribution is -2.48. The second-order valence-corrected chi connectivity index (χ2v) is 7.17. The number of carboxylic acids is 1. The van der Waals surface area contributed by atoms with Crippen LogP contribution >= 0.6 is 23.2 Å². The Kier molecular flexibility index (Phi) is 5.35. The van der Waals surface area contributed by atoms with Crippen molar-refractivity contribution in [3.63, 3.8) is 0 Å². The third kappa shape index (κ3) is 3.96. The minimum absolute atomic E-state index is 0.125. The number of halogens is 5. The van der Waals surface area contributed by atoms with Crippen LogP contribution in [0.25, 0.3) is 0 Å². The van der Waals surface area contributed by atoms with Crippen LogP contribution in [0.15, 0.2) is 51.9 Å². The summed E-state index contributed by atoms with van der Waals surface area (Å²) >= 11 is 12.0. The predicted molar refractivity (Wildman–Crippen MR) is 96.6 cm³/mol. The van der Waals surface area contributed by atoms with Crippen LogP contribution in [0.4, 0.5) is 13.2 Å². The summed E-state index contributed by atoms with van der Waals surface area (Å²) in [5.41, 5.74) is 3.35. The van der Waals surface area contributed by atoms with Crippen molar-refractivity contribution in [2.45, 2.75) is 30.7 Å². The van der Waals surface area contributed by atoms with Crippen molar-refractivity contribution in [1.29, 1.82) is 0 Å². The number of hydrogen-bond donors (Lipinski definition) is 3. The molecule has 6 nitrogen and oxygen atoms in total. The monoisotopic (exact) mass is 435 g/mol. The molecule has 0 aliphatic carbocycles. The summed E-state index contributed by atoms with van der Waals surface area (Å²) in [7, 11) is 0. The van der Waals surface area contributed by atoms with Gasteiger partial charge >= 0.3 is 12.1 Å². The first-order valence-electron chi connectivity index (χ1n) is 7.97. The summed E-state index contributed by atoms with van der Waals surface area (Å²) in [4.78, 5) is 16.7. The maximum atomic E-state index is 13.3. The average Bonchev–Trinajstić information content (AvgIpc) is 3.03. The minimum atomic E-state index is -4.60. The van der Waals surface area contributed by atoms with Crippen LogP contribution in [0.2, 0.25) is 0 Å². The van der Waals surface area contributed by atoms with E-state index in [4.69, 9.17) is 33.8 Å². The molecule has 0 spiro atoms. The van der Waals surface area contributed by atoms with E-state index < -0.39 is 35.0 Å². The largest absolute Gasteiger partial charge is 0.477 e. The zero-order valence-corrected chi connectivity index (χ0v) is 15.6. The third-order valence-electron chi connectivity index (χ3n) is 4.31. The second-order valence-electron chi connectivity index (χ2n) is 6.36. The molecule has 2 aliphatic rings. The van der Waals surface area contributed by atoms with Crippen LogP contribution in [0.1, 0.15) is 17.5 Å². The van der Waals surface area contributed by atoms with Crippen molar-refractivity contribution in [3.05, 3.63) is 57.9 Å². The number of nitrogens with zero attached hydrogens (tertiary/aromatic N) is 1. The molecule has 0 aromatic heterocycles. The standard InChI is InChI=1S/C17H14Cl2F3N3O3/c18-12-5-11(28-25-12)10-7-16(23,14(19)13(24-10)15(26)27)6-8-3-1-2-4-9(8)17(20,21)22/h1-4,7,11,24H,5-6,23H2,(H,26,27). The van der Waals surface area contributed by atoms with Gasteiger partial charge in [0.1, 0.15) is 10.9 Å². The number of aliphatic carboxylic acids is 1. The Morgan fingerprint density at radius 3 is 2.64 bits per heavy atom. The minimum Gasteiger partial charge on any atom is -0.477 e. The Labute approximate surface area is 167 Å². The topological polar surface area (TPSA) is 96.9 Å². The molecular formula is C17H14Cl2F3N3O3. The molecule has 0 radical (unpaired) electrons. The van der Waals surface area contributed by atoms with Crippen LogP contribution in [0.5, 0.6) is 0 Å². The number of benzene rings is 1. The maximum absolute atomic E-state index is 13.3. The quantitative estimate of drug-likeness (QED) is 0.673. The van der Waals surface area contributed by atoms with E-state index in [1.54, 1.807) is 0 Å². The van der Waals surface area contributed by atoms with Gasteiger partial charge in [-0.1, -0.05) is 46.6 Å². The highest BCUT2D eigenvalue weighted by molar-refractivity contribution is 6.65. The van der Waals surface area contributed by atoms with Crippen molar-refractivity contribution < 1.29 is 27.9 Å². The summed E-state index contributed by atoms with van der Waals surface area (Å²) in [5, 5.41) is 15.5. The molecule has 11 heteroatoms. The fraction of sp³-hybridized carbons (Fsp3) is 0.294. The molecule has 0 bridgehead atoms. The van der Waals surface area contributed by atoms with Gasteiger partial charge in [-0.3, -0.25) is 0 Å². The molecule has 4 N–H and O–H groups in total. The highest BCUT2D eigenvalue weighted by Gasteiger charge is 2.41. The zero-order chi connectivity index (χ0) is 20.7. The first-order valence-corrected chi connectivity index (χ1v) is 8.72. The molecule has 3 rings (SSSR count). The van der Waals surface area contributed by atoms with Crippen LogP contribution in [0, 0.1) is 0 Å². The number of rotatable bonds is 4. The second kappa shape index (κ2) is 7.31. The average molecular weight is 436 g/mol. The molecule has 2 unspecified atom stereocenters. The van der Waals surface area contributed by atoms with E-state index in [2.05, 4.69) is 10.5 Å². The molecule has 0 saturated carbocycles. The zero-order valence-electron chi connectivity index (χ0n) is 14.1. The smallest absolute Gasteiger partial charge is 0.416 e. The van der Waals surface area contributed by atoms with E-state index in [1.165, 1.54) is 24.3 Å². The van der Waals surface area contributed by atoms with Gasteiger partial charge in [-0.2, -0.15) is 13.2 Å². The first-order chi connectivity index (χ1) is 13.0. The van der Waals surface area contributed by atoms with E-state index in [9.17, 15) is 23.1 Å². The van der Waals surface area contributed by atoms with Gasteiger partial charge in [0.15, 0.2) is 6.10 Å². The molecule has 0 amide bonds.